The third kappa shape index (κ3) is 1.91. The summed E-state index contributed by atoms with van der Waals surface area (Å²) in [5.41, 5.74) is 3.34. The van der Waals surface area contributed by atoms with Crippen LogP contribution >= 0.6 is 0 Å². The molecule has 1 saturated carbocycles. The highest BCUT2D eigenvalue weighted by atomic mass is 16.3. The summed E-state index contributed by atoms with van der Waals surface area (Å²) in [6, 6.07) is 10.2. The number of rotatable bonds is 2. The van der Waals surface area contributed by atoms with E-state index < -0.39 is 0 Å². The van der Waals surface area contributed by atoms with Gasteiger partial charge < -0.3 is 5.11 Å². The predicted octanol–water partition coefficient (Wildman–Crippen LogP) is 3.62. The van der Waals surface area contributed by atoms with Gasteiger partial charge in [0.25, 0.3) is 0 Å². The molecule has 2 atom stereocenters. The molecule has 2 nitrogen and oxygen atoms in total. The van der Waals surface area contributed by atoms with Crippen LogP contribution in [0.3, 0.4) is 0 Å². The van der Waals surface area contributed by atoms with Crippen molar-refractivity contribution in [1.82, 2.24) is 4.98 Å². The molecule has 1 aromatic heterocycles. The van der Waals surface area contributed by atoms with Crippen LogP contribution in [0.1, 0.15) is 37.6 Å². The fraction of sp³-hybridized carbons (Fsp3) is 0.438. The molecular formula is C16H19NO. The predicted molar refractivity (Wildman–Crippen MR) is 73.3 cm³/mol. The van der Waals surface area contributed by atoms with E-state index in [-0.39, 0.29) is 6.10 Å². The number of fused-ring (bicyclic) bond motifs is 1. The van der Waals surface area contributed by atoms with Crippen LogP contribution in [0, 0.1) is 18.3 Å². The van der Waals surface area contributed by atoms with E-state index in [4.69, 9.17) is 0 Å². The van der Waals surface area contributed by atoms with Gasteiger partial charge in [-0.1, -0.05) is 26.0 Å². The van der Waals surface area contributed by atoms with Crippen molar-refractivity contribution in [1.29, 1.82) is 0 Å². The van der Waals surface area contributed by atoms with E-state index in [0.29, 0.717) is 11.3 Å². The molecule has 0 radical (unpaired) electrons. The first-order valence-corrected chi connectivity index (χ1v) is 6.53. The van der Waals surface area contributed by atoms with Crippen molar-refractivity contribution in [3.05, 3.63) is 41.6 Å². The molecule has 1 heterocycles. The standard InChI is InChI=1S/C16H19NO/c1-10-4-5-11-8-12(6-7-14(11)17-10)15(18)13-9-16(13,2)3/h4-8,13,15,18H,9H2,1-3H3. The molecule has 1 aliphatic carbocycles. The summed E-state index contributed by atoms with van der Waals surface area (Å²) in [6.07, 6.45) is 0.768. The van der Waals surface area contributed by atoms with Gasteiger partial charge in [-0.2, -0.15) is 0 Å². The van der Waals surface area contributed by atoms with Gasteiger partial charge in [0.2, 0.25) is 0 Å². The Balaban J connectivity index is 1.96. The summed E-state index contributed by atoms with van der Waals surface area (Å²) < 4.78 is 0. The summed E-state index contributed by atoms with van der Waals surface area (Å²) in [7, 11) is 0. The fourth-order valence-corrected chi connectivity index (χ4v) is 2.71. The zero-order chi connectivity index (χ0) is 12.9. The Labute approximate surface area is 108 Å². The maximum absolute atomic E-state index is 10.4. The Hall–Kier alpha value is -1.41. The number of aliphatic hydroxyl groups is 1. The molecular weight excluding hydrogens is 222 g/mol. The summed E-state index contributed by atoms with van der Waals surface area (Å²) in [5.74, 6) is 0.397. The molecule has 0 spiro atoms. The number of benzene rings is 1. The van der Waals surface area contributed by atoms with Crippen LogP contribution in [0.15, 0.2) is 30.3 Å². The Morgan fingerprint density at radius 2 is 2.00 bits per heavy atom. The van der Waals surface area contributed by atoms with Gasteiger partial charge in [0, 0.05) is 11.1 Å². The number of aliphatic hydroxyl groups excluding tert-OH is 1. The van der Waals surface area contributed by atoms with Gasteiger partial charge in [0.15, 0.2) is 0 Å². The second-order valence-electron chi connectivity index (χ2n) is 6.15. The van der Waals surface area contributed by atoms with Crippen molar-refractivity contribution in [3.8, 4) is 0 Å². The smallest absolute Gasteiger partial charge is 0.0823 e. The number of hydrogen-bond acceptors (Lipinski definition) is 2. The molecule has 0 amide bonds. The number of nitrogens with zero attached hydrogens (tertiary/aromatic N) is 1. The molecule has 1 aromatic carbocycles. The lowest BCUT2D eigenvalue weighted by molar-refractivity contribution is 0.138. The van der Waals surface area contributed by atoms with E-state index in [1.165, 1.54) is 0 Å². The minimum absolute atomic E-state index is 0.292. The molecule has 1 fully saturated rings. The molecule has 2 heteroatoms. The van der Waals surface area contributed by atoms with Crippen molar-refractivity contribution < 1.29 is 5.11 Å². The largest absolute Gasteiger partial charge is 0.388 e. The van der Waals surface area contributed by atoms with Gasteiger partial charge in [-0.15, -0.1) is 0 Å². The molecule has 3 rings (SSSR count). The normalized spacial score (nSPS) is 23.0. The van der Waals surface area contributed by atoms with Crippen molar-refractivity contribution >= 4 is 10.9 Å². The van der Waals surface area contributed by atoms with Gasteiger partial charge in [-0.3, -0.25) is 4.98 Å². The number of hydrogen-bond donors (Lipinski definition) is 1. The SMILES string of the molecule is Cc1ccc2cc(C(O)C3CC3(C)C)ccc2n1. The first kappa shape index (κ1) is 11.7. The Morgan fingerprint density at radius 1 is 1.28 bits per heavy atom. The van der Waals surface area contributed by atoms with E-state index in [0.717, 1.165) is 28.6 Å². The Kier molecular flexibility index (Phi) is 2.46. The quantitative estimate of drug-likeness (QED) is 0.871. The number of pyridine rings is 1. The lowest BCUT2D eigenvalue weighted by Gasteiger charge is -2.13. The lowest BCUT2D eigenvalue weighted by atomic mass is 9.98. The molecule has 94 valence electrons. The number of aryl methyl sites for hydroxylation is 1. The Bertz CT molecular complexity index is 603. The first-order valence-electron chi connectivity index (χ1n) is 6.53. The molecule has 0 aliphatic heterocycles. The van der Waals surface area contributed by atoms with Gasteiger partial charge >= 0.3 is 0 Å². The Morgan fingerprint density at radius 3 is 2.67 bits per heavy atom. The summed E-state index contributed by atoms with van der Waals surface area (Å²) in [4.78, 5) is 4.48. The van der Waals surface area contributed by atoms with Crippen molar-refractivity contribution in [3.63, 3.8) is 0 Å². The maximum Gasteiger partial charge on any atom is 0.0823 e. The lowest BCUT2D eigenvalue weighted by Crippen LogP contribution is -2.04. The number of aromatic nitrogens is 1. The zero-order valence-electron chi connectivity index (χ0n) is 11.1. The van der Waals surface area contributed by atoms with Gasteiger partial charge in [0.1, 0.15) is 0 Å². The summed E-state index contributed by atoms with van der Waals surface area (Å²) in [6.45, 7) is 6.43. The minimum atomic E-state index is -0.342. The molecule has 18 heavy (non-hydrogen) atoms. The van der Waals surface area contributed by atoms with Crippen LogP contribution in [0.2, 0.25) is 0 Å². The summed E-state index contributed by atoms with van der Waals surface area (Å²) >= 11 is 0. The first-order chi connectivity index (χ1) is 8.47. The van der Waals surface area contributed by atoms with E-state index in [2.05, 4.69) is 31.0 Å². The van der Waals surface area contributed by atoms with Crippen LogP contribution in [-0.4, -0.2) is 10.1 Å². The second-order valence-corrected chi connectivity index (χ2v) is 6.15. The maximum atomic E-state index is 10.4. The van der Waals surface area contributed by atoms with Gasteiger partial charge in [0.05, 0.1) is 11.6 Å². The molecule has 1 aliphatic rings. The van der Waals surface area contributed by atoms with Crippen LogP contribution in [-0.2, 0) is 0 Å². The van der Waals surface area contributed by atoms with Crippen molar-refractivity contribution in [2.75, 3.05) is 0 Å². The average Bonchev–Trinajstić information content (AvgIpc) is 2.97. The van der Waals surface area contributed by atoms with E-state index in [1.54, 1.807) is 0 Å². The van der Waals surface area contributed by atoms with E-state index in [1.807, 2.05) is 25.1 Å². The fourth-order valence-electron chi connectivity index (χ4n) is 2.71. The van der Waals surface area contributed by atoms with Gasteiger partial charge in [-0.25, -0.2) is 0 Å². The van der Waals surface area contributed by atoms with Crippen LogP contribution in [0.4, 0.5) is 0 Å². The van der Waals surface area contributed by atoms with E-state index in [9.17, 15) is 5.11 Å². The molecule has 1 N–H and O–H groups in total. The monoisotopic (exact) mass is 241 g/mol. The third-order valence-corrected chi connectivity index (χ3v) is 4.16. The highest BCUT2D eigenvalue weighted by Gasteiger charge is 2.50. The minimum Gasteiger partial charge on any atom is -0.388 e. The topological polar surface area (TPSA) is 33.1 Å². The zero-order valence-corrected chi connectivity index (χ0v) is 11.1. The van der Waals surface area contributed by atoms with Crippen molar-refractivity contribution in [2.24, 2.45) is 11.3 Å². The third-order valence-electron chi connectivity index (χ3n) is 4.16. The highest BCUT2D eigenvalue weighted by Crippen LogP contribution is 2.57. The average molecular weight is 241 g/mol. The van der Waals surface area contributed by atoms with Crippen LogP contribution < -0.4 is 0 Å². The molecule has 2 unspecified atom stereocenters. The summed E-state index contributed by atoms with van der Waals surface area (Å²) in [5, 5.41) is 11.5. The molecule has 2 aromatic rings. The molecule has 0 bridgehead atoms. The second kappa shape index (κ2) is 3.79. The van der Waals surface area contributed by atoms with Crippen LogP contribution in [0.5, 0.6) is 0 Å². The van der Waals surface area contributed by atoms with Crippen LogP contribution in [0.25, 0.3) is 10.9 Å². The molecule has 0 saturated heterocycles. The van der Waals surface area contributed by atoms with E-state index >= 15 is 0 Å². The van der Waals surface area contributed by atoms with Gasteiger partial charge in [-0.05, 0) is 48.4 Å². The van der Waals surface area contributed by atoms with Crippen molar-refractivity contribution in [2.45, 2.75) is 33.3 Å². The highest BCUT2D eigenvalue weighted by molar-refractivity contribution is 5.79.